The van der Waals surface area contributed by atoms with Crippen LogP contribution < -0.4 is 0 Å². The topological polar surface area (TPSA) is 112 Å². The Bertz CT molecular complexity index is 772. The van der Waals surface area contributed by atoms with Gasteiger partial charge in [-0.05, 0) is 57.4 Å². The van der Waals surface area contributed by atoms with Gasteiger partial charge in [-0.1, -0.05) is 6.42 Å². The predicted octanol–water partition coefficient (Wildman–Crippen LogP) is 2.31. The lowest BCUT2D eigenvalue weighted by Gasteiger charge is -2.47. The number of methoxy groups -OCH3 is 1. The number of nitrogens with zero attached hydrogens (tertiary/aromatic N) is 1. The minimum atomic E-state index is -0.785. The van der Waals surface area contributed by atoms with Gasteiger partial charge in [0.25, 0.3) is 0 Å². The maximum Gasteiger partial charge on any atom is 0.508 e. The highest BCUT2D eigenvalue weighted by atomic mass is 16.7. The molecule has 0 aromatic heterocycles. The van der Waals surface area contributed by atoms with Gasteiger partial charge in [-0.2, -0.15) is 0 Å². The van der Waals surface area contributed by atoms with E-state index in [1.807, 2.05) is 0 Å². The predicted molar refractivity (Wildman–Crippen MR) is 111 cm³/mol. The van der Waals surface area contributed by atoms with Crippen LogP contribution in [0.15, 0.2) is 11.3 Å². The van der Waals surface area contributed by atoms with Crippen molar-refractivity contribution in [1.29, 1.82) is 0 Å². The van der Waals surface area contributed by atoms with Gasteiger partial charge in [0.2, 0.25) is 5.91 Å². The number of β-lactam (4-membered cyclic amide) rings is 1. The van der Waals surface area contributed by atoms with Crippen LogP contribution in [0.4, 0.5) is 4.79 Å². The number of aliphatic hydroxyl groups excluding tert-OH is 1. The van der Waals surface area contributed by atoms with Gasteiger partial charge in [0, 0.05) is 13.0 Å². The third kappa shape index (κ3) is 4.24. The zero-order valence-electron chi connectivity index (χ0n) is 18.8. The van der Waals surface area contributed by atoms with E-state index in [0.717, 1.165) is 56.9 Å². The number of aliphatic hydroxyl groups is 1. The van der Waals surface area contributed by atoms with Crippen molar-refractivity contribution >= 4 is 18.0 Å². The lowest BCUT2D eigenvalue weighted by atomic mass is 9.72. The molecule has 9 heteroatoms. The Morgan fingerprint density at radius 2 is 1.78 bits per heavy atom. The second-order valence-electron chi connectivity index (χ2n) is 9.14. The summed E-state index contributed by atoms with van der Waals surface area (Å²) in [5, 5.41) is 10.1. The Balaban J connectivity index is 1.36. The van der Waals surface area contributed by atoms with E-state index in [9.17, 15) is 19.5 Å². The molecule has 3 fully saturated rings. The van der Waals surface area contributed by atoms with Crippen LogP contribution in [0.5, 0.6) is 0 Å². The van der Waals surface area contributed by atoms with Crippen molar-refractivity contribution in [3.05, 3.63) is 11.3 Å². The molecule has 0 bridgehead atoms. The maximum absolute atomic E-state index is 13.0. The van der Waals surface area contributed by atoms with Gasteiger partial charge >= 0.3 is 12.1 Å². The molecule has 0 aromatic carbocycles. The number of amides is 1. The molecule has 4 rings (SSSR count). The number of esters is 1. The first-order valence-electron chi connectivity index (χ1n) is 11.7. The van der Waals surface area contributed by atoms with Crippen LogP contribution in [-0.2, 0) is 28.5 Å². The van der Waals surface area contributed by atoms with E-state index in [1.165, 1.54) is 4.90 Å². The summed E-state index contributed by atoms with van der Waals surface area (Å²) in [6.45, 7) is 1.35. The quantitative estimate of drug-likeness (QED) is 0.357. The van der Waals surface area contributed by atoms with E-state index in [-0.39, 0.29) is 49.0 Å². The minimum absolute atomic E-state index is 0.0183. The zero-order valence-corrected chi connectivity index (χ0v) is 18.8. The van der Waals surface area contributed by atoms with Crippen LogP contribution >= 0.6 is 0 Å². The van der Waals surface area contributed by atoms with Crippen molar-refractivity contribution in [2.24, 2.45) is 11.8 Å². The smallest absolute Gasteiger partial charge is 0.457 e. The van der Waals surface area contributed by atoms with Gasteiger partial charge in [-0.25, -0.2) is 9.59 Å². The van der Waals surface area contributed by atoms with Gasteiger partial charge in [0.1, 0.15) is 25.0 Å². The molecule has 1 amide bonds. The Morgan fingerprint density at radius 3 is 2.47 bits per heavy atom. The molecule has 4 unspecified atom stereocenters. The standard InChI is InChI=1S/C23H33NO8/c1-13(25)17-19-15-9-6-10-16(29-2)18(15)20(24(19)21(17)26)22(27)30-11-12-31-23(28)32-14-7-4-3-5-8-14/h13-17,19,25H,3-12H2,1-2H3/t13-,15?,16?,17?,19?/m1/s1. The van der Waals surface area contributed by atoms with Gasteiger partial charge in [-0.3, -0.25) is 4.79 Å². The number of hydrogen-bond acceptors (Lipinski definition) is 8. The highest BCUT2D eigenvalue weighted by molar-refractivity contribution is 6.01. The molecule has 0 radical (unpaired) electrons. The summed E-state index contributed by atoms with van der Waals surface area (Å²) < 4.78 is 21.3. The van der Waals surface area contributed by atoms with Gasteiger partial charge in [0.15, 0.2) is 0 Å². The molecule has 0 spiro atoms. The number of rotatable bonds is 7. The number of hydrogen-bond donors (Lipinski definition) is 1. The fourth-order valence-corrected chi connectivity index (χ4v) is 5.75. The van der Waals surface area contributed by atoms with E-state index < -0.39 is 24.1 Å². The molecule has 2 aliphatic carbocycles. The number of carbonyl (C=O) groups excluding carboxylic acids is 3. The van der Waals surface area contributed by atoms with Crippen LogP contribution in [0, 0.1) is 11.8 Å². The first-order chi connectivity index (χ1) is 15.4. The van der Waals surface area contributed by atoms with Crippen molar-refractivity contribution in [2.75, 3.05) is 20.3 Å². The van der Waals surface area contributed by atoms with Crippen LogP contribution in [0.2, 0.25) is 0 Å². The summed E-state index contributed by atoms with van der Waals surface area (Å²) in [4.78, 5) is 39.0. The first-order valence-corrected chi connectivity index (χ1v) is 11.7. The van der Waals surface area contributed by atoms with Crippen molar-refractivity contribution in [3.63, 3.8) is 0 Å². The molecular weight excluding hydrogens is 418 g/mol. The second kappa shape index (κ2) is 9.79. The summed E-state index contributed by atoms with van der Waals surface area (Å²) >= 11 is 0. The molecule has 4 aliphatic rings. The van der Waals surface area contributed by atoms with Gasteiger partial charge in [-0.15, -0.1) is 0 Å². The molecule has 2 saturated carbocycles. The maximum atomic E-state index is 13.0. The minimum Gasteiger partial charge on any atom is -0.457 e. The highest BCUT2D eigenvalue weighted by Gasteiger charge is 2.62. The summed E-state index contributed by atoms with van der Waals surface area (Å²) in [7, 11) is 1.60. The first kappa shape index (κ1) is 23.0. The molecule has 1 N–H and O–H groups in total. The van der Waals surface area contributed by atoms with E-state index in [4.69, 9.17) is 18.9 Å². The highest BCUT2D eigenvalue weighted by Crippen LogP contribution is 2.52. The molecule has 178 valence electrons. The summed E-state index contributed by atoms with van der Waals surface area (Å²) in [6, 6.07) is -0.236. The normalized spacial score (nSPS) is 30.8. The van der Waals surface area contributed by atoms with Crippen LogP contribution in [0.1, 0.15) is 58.3 Å². The van der Waals surface area contributed by atoms with Gasteiger partial charge in [0.05, 0.1) is 24.2 Å². The van der Waals surface area contributed by atoms with E-state index in [1.54, 1.807) is 14.0 Å². The summed E-state index contributed by atoms with van der Waals surface area (Å²) in [5.74, 6) is -1.43. The Labute approximate surface area is 188 Å². The third-order valence-electron chi connectivity index (χ3n) is 7.19. The molecule has 2 heterocycles. The molecule has 32 heavy (non-hydrogen) atoms. The lowest BCUT2D eigenvalue weighted by molar-refractivity contribution is -0.165. The molecular formula is C23H33NO8. The van der Waals surface area contributed by atoms with Crippen LogP contribution in [0.3, 0.4) is 0 Å². The molecule has 0 aromatic rings. The monoisotopic (exact) mass is 451 g/mol. The zero-order chi connectivity index (χ0) is 22.8. The number of fused-ring (bicyclic) bond motifs is 3. The summed E-state index contributed by atoms with van der Waals surface area (Å²) in [5.41, 5.74) is 1.03. The number of ether oxygens (including phenoxy) is 4. The Morgan fingerprint density at radius 1 is 1.06 bits per heavy atom. The van der Waals surface area contributed by atoms with Crippen molar-refractivity contribution in [1.82, 2.24) is 4.90 Å². The molecule has 9 nitrogen and oxygen atoms in total. The van der Waals surface area contributed by atoms with Crippen molar-refractivity contribution in [2.45, 2.75) is 82.6 Å². The Hall–Kier alpha value is -2.13. The van der Waals surface area contributed by atoms with Crippen LogP contribution in [0.25, 0.3) is 0 Å². The Kier molecular flexibility index (Phi) is 7.05. The molecule has 1 saturated heterocycles. The van der Waals surface area contributed by atoms with Crippen molar-refractivity contribution in [3.8, 4) is 0 Å². The fraction of sp³-hybridized carbons (Fsp3) is 0.783. The fourth-order valence-electron chi connectivity index (χ4n) is 5.75. The van der Waals surface area contributed by atoms with E-state index in [0.29, 0.717) is 0 Å². The average Bonchev–Trinajstić information content (AvgIpc) is 3.07. The van der Waals surface area contributed by atoms with E-state index in [2.05, 4.69) is 0 Å². The average molecular weight is 452 g/mol. The van der Waals surface area contributed by atoms with Gasteiger partial charge < -0.3 is 29.0 Å². The SMILES string of the molecule is COC1CCCC2C1=C(C(=O)OCCOC(=O)OC1CCCCC1)N1C(=O)C([C@@H](C)O)C21. The number of carbonyl (C=O) groups is 3. The summed E-state index contributed by atoms with van der Waals surface area (Å²) in [6.07, 6.45) is 5.58. The largest absolute Gasteiger partial charge is 0.508 e. The van der Waals surface area contributed by atoms with Crippen LogP contribution in [-0.4, -0.2) is 72.7 Å². The molecule has 5 atom stereocenters. The van der Waals surface area contributed by atoms with E-state index >= 15 is 0 Å². The third-order valence-corrected chi connectivity index (χ3v) is 7.19. The van der Waals surface area contributed by atoms with Crippen molar-refractivity contribution < 1.29 is 38.4 Å². The lowest BCUT2D eigenvalue weighted by Crippen LogP contribution is -2.64. The molecule has 2 aliphatic heterocycles. The second-order valence-corrected chi connectivity index (χ2v) is 9.14.